The maximum atomic E-state index is 13.6. The minimum absolute atomic E-state index is 0.235. The van der Waals surface area contributed by atoms with Crippen LogP contribution in [0, 0.1) is 22.9 Å². The minimum Gasteiger partial charge on any atom is -0.363 e. The Morgan fingerprint density at radius 1 is 1.30 bits per heavy atom. The first-order valence-corrected chi connectivity index (χ1v) is 6.05. The van der Waals surface area contributed by atoms with Crippen LogP contribution in [0.5, 0.6) is 0 Å². The molecular formula is C14H14FN3O2. The number of rotatable bonds is 4. The number of pyridine rings is 1. The van der Waals surface area contributed by atoms with E-state index in [0.717, 1.165) is 17.5 Å². The molecular weight excluding hydrogens is 261 g/mol. The number of nitrogens with zero attached hydrogens (tertiary/aromatic N) is 3. The molecule has 2 aromatic rings. The number of aromatic nitrogens is 1. The van der Waals surface area contributed by atoms with Crippen molar-refractivity contribution in [2.75, 3.05) is 11.9 Å². The van der Waals surface area contributed by atoms with Gasteiger partial charge in [-0.05, 0) is 31.2 Å². The number of nitro groups is 1. The predicted molar refractivity (Wildman–Crippen MR) is 74.1 cm³/mol. The van der Waals surface area contributed by atoms with E-state index in [1.807, 2.05) is 25.1 Å². The Balaban J connectivity index is 2.32. The summed E-state index contributed by atoms with van der Waals surface area (Å²) >= 11 is 0. The average molecular weight is 275 g/mol. The van der Waals surface area contributed by atoms with Gasteiger partial charge in [-0.3, -0.25) is 15.1 Å². The highest BCUT2D eigenvalue weighted by Crippen LogP contribution is 2.30. The van der Waals surface area contributed by atoms with Crippen LogP contribution >= 0.6 is 0 Å². The Morgan fingerprint density at radius 2 is 2.00 bits per heavy atom. The second kappa shape index (κ2) is 5.64. The molecule has 0 spiro atoms. The fraction of sp³-hybridized carbons (Fsp3) is 0.214. The molecule has 104 valence electrons. The number of anilines is 1. The molecule has 5 nitrogen and oxygen atoms in total. The molecule has 0 aliphatic heterocycles. The minimum atomic E-state index is -0.837. The molecule has 0 aliphatic carbocycles. The lowest BCUT2D eigenvalue weighted by Crippen LogP contribution is -2.19. The molecule has 6 heteroatoms. The van der Waals surface area contributed by atoms with Gasteiger partial charge in [0, 0.05) is 12.7 Å². The van der Waals surface area contributed by atoms with Crippen LogP contribution in [-0.4, -0.2) is 17.0 Å². The Hall–Kier alpha value is -2.50. The lowest BCUT2D eigenvalue weighted by atomic mass is 10.2. The van der Waals surface area contributed by atoms with Gasteiger partial charge in [0.05, 0.1) is 17.2 Å². The lowest BCUT2D eigenvalue weighted by molar-refractivity contribution is -0.386. The van der Waals surface area contributed by atoms with Crippen LogP contribution in [-0.2, 0) is 6.54 Å². The zero-order valence-electron chi connectivity index (χ0n) is 11.2. The predicted octanol–water partition coefficient (Wildman–Crippen LogP) is 3.07. The summed E-state index contributed by atoms with van der Waals surface area (Å²) in [5, 5.41) is 11.0. The number of aryl methyl sites for hydroxylation is 1. The number of halogens is 1. The van der Waals surface area contributed by atoms with Gasteiger partial charge < -0.3 is 4.90 Å². The molecule has 0 saturated heterocycles. The van der Waals surface area contributed by atoms with Crippen LogP contribution < -0.4 is 4.90 Å². The fourth-order valence-electron chi connectivity index (χ4n) is 2.01. The molecule has 0 atom stereocenters. The zero-order chi connectivity index (χ0) is 14.7. The van der Waals surface area contributed by atoms with Gasteiger partial charge in [-0.2, -0.15) is 4.39 Å². The smallest absolute Gasteiger partial charge is 0.327 e. The van der Waals surface area contributed by atoms with Gasteiger partial charge in [0.15, 0.2) is 0 Å². The van der Waals surface area contributed by atoms with E-state index in [-0.39, 0.29) is 5.69 Å². The molecule has 0 bridgehead atoms. The summed E-state index contributed by atoms with van der Waals surface area (Å²) < 4.78 is 13.6. The summed E-state index contributed by atoms with van der Waals surface area (Å²) in [6, 6.07) is 9.63. The van der Waals surface area contributed by atoms with E-state index in [0.29, 0.717) is 6.54 Å². The highest BCUT2D eigenvalue weighted by Gasteiger charge is 2.22. The normalized spacial score (nSPS) is 10.3. The molecule has 0 fully saturated rings. The topological polar surface area (TPSA) is 59.3 Å². The molecule has 1 heterocycles. The number of nitro benzene ring substituents is 1. The van der Waals surface area contributed by atoms with E-state index in [9.17, 15) is 14.5 Å². The van der Waals surface area contributed by atoms with Gasteiger partial charge in [-0.15, -0.1) is 0 Å². The summed E-state index contributed by atoms with van der Waals surface area (Å²) in [5.74, 6) is -0.837. The SMILES string of the molecule is Cc1cccc(CN(C)c2cccc(F)c2[N+](=O)[O-])n1. The summed E-state index contributed by atoms with van der Waals surface area (Å²) in [4.78, 5) is 16.2. The summed E-state index contributed by atoms with van der Waals surface area (Å²) in [6.45, 7) is 2.24. The maximum Gasteiger partial charge on any atom is 0.327 e. The first-order chi connectivity index (χ1) is 9.49. The van der Waals surface area contributed by atoms with E-state index >= 15 is 0 Å². The van der Waals surface area contributed by atoms with Crippen LogP contribution in [0.4, 0.5) is 15.8 Å². The van der Waals surface area contributed by atoms with E-state index in [2.05, 4.69) is 4.98 Å². The molecule has 0 saturated carbocycles. The number of hydrogen-bond acceptors (Lipinski definition) is 4. The number of hydrogen-bond donors (Lipinski definition) is 0. The fourth-order valence-corrected chi connectivity index (χ4v) is 2.01. The van der Waals surface area contributed by atoms with Gasteiger partial charge in [0.2, 0.25) is 5.82 Å². The van der Waals surface area contributed by atoms with Crippen molar-refractivity contribution in [2.45, 2.75) is 13.5 Å². The molecule has 1 aromatic heterocycles. The number of benzene rings is 1. The zero-order valence-corrected chi connectivity index (χ0v) is 11.2. The summed E-state index contributed by atoms with van der Waals surface area (Å²) in [7, 11) is 1.67. The summed E-state index contributed by atoms with van der Waals surface area (Å²) in [5.41, 5.74) is 1.36. The molecule has 20 heavy (non-hydrogen) atoms. The van der Waals surface area contributed by atoms with E-state index in [4.69, 9.17) is 0 Å². The van der Waals surface area contributed by atoms with Gasteiger partial charge >= 0.3 is 5.69 Å². The number of para-hydroxylation sites is 1. The molecule has 0 N–H and O–H groups in total. The third kappa shape index (κ3) is 2.90. The molecule has 1 aromatic carbocycles. The van der Waals surface area contributed by atoms with Crippen molar-refractivity contribution in [2.24, 2.45) is 0 Å². The Labute approximate surface area is 115 Å². The van der Waals surface area contributed by atoms with Crippen molar-refractivity contribution < 1.29 is 9.31 Å². The summed E-state index contributed by atoms with van der Waals surface area (Å²) in [6.07, 6.45) is 0. The molecule has 2 rings (SSSR count). The van der Waals surface area contributed by atoms with Crippen molar-refractivity contribution in [1.82, 2.24) is 4.98 Å². The second-order valence-electron chi connectivity index (χ2n) is 4.49. The quantitative estimate of drug-likeness (QED) is 0.635. The van der Waals surface area contributed by atoms with Crippen molar-refractivity contribution in [1.29, 1.82) is 0 Å². The Kier molecular flexibility index (Phi) is 3.93. The highest BCUT2D eigenvalue weighted by atomic mass is 19.1. The van der Waals surface area contributed by atoms with Crippen molar-refractivity contribution >= 4 is 11.4 Å². The first-order valence-electron chi connectivity index (χ1n) is 6.05. The van der Waals surface area contributed by atoms with Crippen molar-refractivity contribution in [3.63, 3.8) is 0 Å². The van der Waals surface area contributed by atoms with E-state index in [1.54, 1.807) is 11.9 Å². The van der Waals surface area contributed by atoms with Crippen LogP contribution in [0.15, 0.2) is 36.4 Å². The maximum absolute atomic E-state index is 13.6. The van der Waals surface area contributed by atoms with Gasteiger partial charge in [-0.25, -0.2) is 0 Å². The van der Waals surface area contributed by atoms with Gasteiger partial charge in [-0.1, -0.05) is 12.1 Å². The molecule has 0 amide bonds. The average Bonchev–Trinajstić information content (AvgIpc) is 2.37. The van der Waals surface area contributed by atoms with Crippen LogP contribution in [0.1, 0.15) is 11.4 Å². The molecule has 0 radical (unpaired) electrons. The highest BCUT2D eigenvalue weighted by molar-refractivity contribution is 5.63. The van der Waals surface area contributed by atoms with Crippen LogP contribution in [0.25, 0.3) is 0 Å². The van der Waals surface area contributed by atoms with Crippen molar-refractivity contribution in [3.8, 4) is 0 Å². The van der Waals surface area contributed by atoms with Gasteiger partial charge in [0.25, 0.3) is 0 Å². The first kappa shape index (κ1) is 13.9. The lowest BCUT2D eigenvalue weighted by Gasteiger charge is -2.19. The molecule has 0 aliphatic rings. The Bertz CT molecular complexity index is 646. The second-order valence-corrected chi connectivity index (χ2v) is 4.49. The standard InChI is InChI=1S/C14H14FN3O2/c1-10-5-3-6-11(16-10)9-17(2)13-8-4-7-12(15)14(13)18(19)20/h3-8H,9H2,1-2H3. The van der Waals surface area contributed by atoms with E-state index < -0.39 is 16.4 Å². The molecule has 0 unspecified atom stereocenters. The Morgan fingerprint density at radius 3 is 2.65 bits per heavy atom. The third-order valence-electron chi connectivity index (χ3n) is 2.90. The van der Waals surface area contributed by atoms with Crippen LogP contribution in [0.3, 0.4) is 0 Å². The monoisotopic (exact) mass is 275 g/mol. The van der Waals surface area contributed by atoms with E-state index in [1.165, 1.54) is 12.1 Å². The largest absolute Gasteiger partial charge is 0.363 e. The third-order valence-corrected chi connectivity index (χ3v) is 2.90. The van der Waals surface area contributed by atoms with Crippen molar-refractivity contribution in [3.05, 3.63) is 63.7 Å². The van der Waals surface area contributed by atoms with Gasteiger partial charge in [0.1, 0.15) is 5.69 Å². The van der Waals surface area contributed by atoms with Crippen LogP contribution in [0.2, 0.25) is 0 Å².